The molecule has 0 aliphatic rings. The summed E-state index contributed by atoms with van der Waals surface area (Å²) in [5, 5.41) is 17.3. The molecule has 1 heterocycles. The van der Waals surface area contributed by atoms with Gasteiger partial charge in [-0.2, -0.15) is 0 Å². The largest absolute Gasteiger partial charge is 0.484 e. The Hall–Kier alpha value is -2.31. The van der Waals surface area contributed by atoms with Crippen LogP contribution in [0.15, 0.2) is 52.5 Å². The number of ether oxygens (including phenoxy) is 1. The highest BCUT2D eigenvalue weighted by atomic mass is 35.5. The average molecular weight is 502 g/mol. The van der Waals surface area contributed by atoms with Crippen molar-refractivity contribution in [1.82, 2.24) is 14.8 Å². The van der Waals surface area contributed by atoms with Gasteiger partial charge in [0.05, 0.1) is 15.7 Å². The summed E-state index contributed by atoms with van der Waals surface area (Å²) in [4.78, 5) is 12.1. The lowest BCUT2D eigenvalue weighted by molar-refractivity contribution is -0.113. The van der Waals surface area contributed by atoms with Gasteiger partial charge in [-0.3, -0.25) is 4.79 Å². The Labute approximate surface area is 192 Å². The minimum Gasteiger partial charge on any atom is -0.484 e. The van der Waals surface area contributed by atoms with E-state index in [1.165, 1.54) is 36.0 Å². The van der Waals surface area contributed by atoms with E-state index in [0.717, 1.165) is 0 Å². The van der Waals surface area contributed by atoms with Crippen molar-refractivity contribution >= 4 is 56.6 Å². The molecular formula is C18H17Cl2N5O4S2. The number of halogens is 2. The topological polar surface area (TPSA) is 129 Å². The van der Waals surface area contributed by atoms with Gasteiger partial charge in [0.1, 0.15) is 12.4 Å². The first kappa shape index (κ1) is 23.4. The van der Waals surface area contributed by atoms with Crippen LogP contribution in [0.1, 0.15) is 5.82 Å². The number of nitrogens with zero attached hydrogens (tertiary/aromatic N) is 3. The summed E-state index contributed by atoms with van der Waals surface area (Å²) >= 11 is 13.1. The molecule has 1 amide bonds. The predicted molar refractivity (Wildman–Crippen MR) is 119 cm³/mol. The third-order valence-electron chi connectivity index (χ3n) is 3.97. The SMILES string of the molecule is Cn1c(COc2ccc(Cl)cc2Cl)nnc1SCC(=O)Nc1ccc(S(N)(=O)=O)cc1. The van der Waals surface area contributed by atoms with Crippen LogP contribution in [0.3, 0.4) is 0 Å². The lowest BCUT2D eigenvalue weighted by Gasteiger charge is -2.08. The van der Waals surface area contributed by atoms with E-state index in [2.05, 4.69) is 15.5 Å². The molecule has 0 saturated heterocycles. The van der Waals surface area contributed by atoms with Gasteiger partial charge in [-0.05, 0) is 42.5 Å². The minimum atomic E-state index is -3.78. The molecule has 9 nitrogen and oxygen atoms in total. The standard InChI is InChI=1S/C18H17Cl2N5O4S2/c1-25-16(9-29-15-7-2-11(19)8-14(15)20)23-24-18(25)30-10-17(26)22-12-3-5-13(6-4-12)31(21,27)28/h2-8H,9-10H2,1H3,(H,22,26)(H2,21,27,28). The Morgan fingerprint density at radius 2 is 1.90 bits per heavy atom. The minimum absolute atomic E-state index is 0.0337. The third kappa shape index (κ3) is 6.34. The van der Waals surface area contributed by atoms with Crippen LogP contribution < -0.4 is 15.2 Å². The number of anilines is 1. The Morgan fingerprint density at radius 1 is 1.19 bits per heavy atom. The van der Waals surface area contributed by atoms with Crippen LogP contribution in [0, 0.1) is 0 Å². The maximum absolute atomic E-state index is 12.2. The maximum Gasteiger partial charge on any atom is 0.238 e. The molecule has 31 heavy (non-hydrogen) atoms. The van der Waals surface area contributed by atoms with Gasteiger partial charge in [-0.15, -0.1) is 10.2 Å². The quantitative estimate of drug-likeness (QED) is 0.453. The second-order valence-electron chi connectivity index (χ2n) is 6.23. The van der Waals surface area contributed by atoms with Crippen molar-refractivity contribution in [2.75, 3.05) is 11.1 Å². The van der Waals surface area contributed by atoms with E-state index in [0.29, 0.717) is 32.5 Å². The molecular weight excluding hydrogens is 485 g/mol. The van der Waals surface area contributed by atoms with Crippen LogP contribution in [0.2, 0.25) is 10.0 Å². The number of hydrogen-bond donors (Lipinski definition) is 2. The van der Waals surface area contributed by atoms with E-state index in [1.807, 2.05) is 0 Å². The highest BCUT2D eigenvalue weighted by Crippen LogP contribution is 2.28. The lowest BCUT2D eigenvalue weighted by Crippen LogP contribution is -2.15. The Bertz CT molecular complexity index is 1200. The van der Waals surface area contributed by atoms with Crippen molar-refractivity contribution in [1.29, 1.82) is 0 Å². The first-order valence-corrected chi connectivity index (χ1v) is 11.9. The second kappa shape index (κ2) is 9.88. The van der Waals surface area contributed by atoms with E-state index >= 15 is 0 Å². The number of rotatable bonds is 8. The first-order valence-electron chi connectivity index (χ1n) is 8.65. The van der Waals surface area contributed by atoms with Crippen LogP contribution in [0.5, 0.6) is 5.75 Å². The highest BCUT2D eigenvalue weighted by molar-refractivity contribution is 7.99. The molecule has 0 bridgehead atoms. The Kier molecular flexibility index (Phi) is 7.44. The fraction of sp³-hybridized carbons (Fsp3) is 0.167. The molecule has 13 heteroatoms. The molecule has 0 radical (unpaired) electrons. The number of nitrogens with two attached hydrogens (primary N) is 1. The first-order chi connectivity index (χ1) is 14.6. The molecule has 1 aromatic heterocycles. The van der Waals surface area contributed by atoms with Gasteiger partial charge < -0.3 is 14.6 Å². The molecule has 3 aromatic rings. The van der Waals surface area contributed by atoms with Crippen molar-refractivity contribution in [2.24, 2.45) is 12.2 Å². The molecule has 0 fully saturated rings. The average Bonchev–Trinajstić information content (AvgIpc) is 3.05. The normalized spacial score (nSPS) is 11.4. The number of aromatic nitrogens is 3. The Balaban J connectivity index is 1.54. The molecule has 2 aromatic carbocycles. The number of carbonyl (C=O) groups is 1. The number of thioether (sulfide) groups is 1. The molecule has 0 atom stereocenters. The molecule has 0 saturated carbocycles. The number of sulfonamides is 1. The number of carbonyl (C=O) groups excluding carboxylic acids is 1. The molecule has 0 unspecified atom stereocenters. The molecule has 3 rings (SSSR count). The van der Waals surface area contributed by atoms with Gasteiger partial charge in [0, 0.05) is 17.8 Å². The van der Waals surface area contributed by atoms with Gasteiger partial charge in [0.15, 0.2) is 11.0 Å². The van der Waals surface area contributed by atoms with Crippen LogP contribution in [0.25, 0.3) is 0 Å². The van der Waals surface area contributed by atoms with E-state index in [1.54, 1.807) is 29.8 Å². The van der Waals surface area contributed by atoms with Crippen LogP contribution in [-0.2, 0) is 28.5 Å². The second-order valence-corrected chi connectivity index (χ2v) is 9.58. The maximum atomic E-state index is 12.2. The monoisotopic (exact) mass is 501 g/mol. The summed E-state index contributed by atoms with van der Waals surface area (Å²) in [5.74, 6) is 0.804. The van der Waals surface area contributed by atoms with E-state index in [4.69, 9.17) is 33.1 Å². The van der Waals surface area contributed by atoms with Gasteiger partial charge in [-0.25, -0.2) is 13.6 Å². The zero-order valence-corrected chi connectivity index (χ0v) is 19.2. The molecule has 0 aliphatic heterocycles. The van der Waals surface area contributed by atoms with Gasteiger partial charge in [0.25, 0.3) is 0 Å². The van der Waals surface area contributed by atoms with Crippen molar-refractivity contribution in [3.05, 3.63) is 58.3 Å². The summed E-state index contributed by atoms with van der Waals surface area (Å²) in [6.45, 7) is 0.133. The number of nitrogens with one attached hydrogen (secondary N) is 1. The van der Waals surface area contributed by atoms with Crippen molar-refractivity contribution in [3.63, 3.8) is 0 Å². The highest BCUT2D eigenvalue weighted by Gasteiger charge is 2.13. The van der Waals surface area contributed by atoms with Crippen molar-refractivity contribution in [2.45, 2.75) is 16.7 Å². The predicted octanol–water partition coefficient (Wildman–Crippen LogP) is 3.08. The zero-order chi connectivity index (χ0) is 22.6. The van der Waals surface area contributed by atoms with Crippen molar-refractivity contribution < 1.29 is 17.9 Å². The van der Waals surface area contributed by atoms with Crippen LogP contribution >= 0.6 is 35.0 Å². The number of primary sulfonamides is 1. The summed E-state index contributed by atoms with van der Waals surface area (Å²) in [5.41, 5.74) is 0.449. The number of hydrogen-bond acceptors (Lipinski definition) is 7. The number of benzene rings is 2. The van der Waals surface area contributed by atoms with Crippen LogP contribution in [-0.4, -0.2) is 34.8 Å². The van der Waals surface area contributed by atoms with Gasteiger partial charge in [-0.1, -0.05) is 35.0 Å². The lowest BCUT2D eigenvalue weighted by atomic mass is 10.3. The zero-order valence-electron chi connectivity index (χ0n) is 16.1. The summed E-state index contributed by atoms with van der Waals surface area (Å²) < 4.78 is 29.9. The Morgan fingerprint density at radius 3 is 2.55 bits per heavy atom. The van der Waals surface area contributed by atoms with E-state index < -0.39 is 10.0 Å². The summed E-state index contributed by atoms with van der Waals surface area (Å²) in [6, 6.07) is 10.5. The molecule has 0 aliphatic carbocycles. The van der Waals surface area contributed by atoms with Gasteiger partial charge in [0.2, 0.25) is 15.9 Å². The fourth-order valence-electron chi connectivity index (χ4n) is 2.39. The molecule has 0 spiro atoms. The third-order valence-corrected chi connectivity index (χ3v) is 6.45. The molecule has 3 N–H and O–H groups in total. The van der Waals surface area contributed by atoms with E-state index in [-0.39, 0.29) is 23.2 Å². The summed E-state index contributed by atoms with van der Waals surface area (Å²) in [7, 11) is -2.02. The van der Waals surface area contributed by atoms with Gasteiger partial charge >= 0.3 is 0 Å². The number of amides is 1. The summed E-state index contributed by atoms with van der Waals surface area (Å²) in [6.07, 6.45) is 0. The molecule has 164 valence electrons. The smallest absolute Gasteiger partial charge is 0.238 e. The van der Waals surface area contributed by atoms with E-state index in [9.17, 15) is 13.2 Å². The van der Waals surface area contributed by atoms with Crippen LogP contribution in [0.4, 0.5) is 5.69 Å². The fourth-order valence-corrected chi connectivity index (χ4v) is 4.09. The van der Waals surface area contributed by atoms with Crippen molar-refractivity contribution in [3.8, 4) is 5.75 Å².